The van der Waals surface area contributed by atoms with Crippen molar-refractivity contribution in [1.82, 2.24) is 0 Å². The van der Waals surface area contributed by atoms with Gasteiger partial charge in [-0.15, -0.1) is 0 Å². The Hall–Kier alpha value is 1.60. The molecule has 6 heteroatoms. The first kappa shape index (κ1) is 30.8. The molecule has 0 amide bonds. The SMILES string of the molecule is CC.Cc1cc(F)cc(C)c1C[CH2][Ge][CH2]Oc1c(C)cc(F)cc1C.[Fr].[Pr]. The molecule has 2 aromatic rings. The van der Waals surface area contributed by atoms with Crippen molar-refractivity contribution in [2.75, 3.05) is 5.44 Å². The molecule has 0 bridgehead atoms. The molecule has 0 N–H and O–H groups in total. The molecule has 0 unspecified atom stereocenters. The molecular formula is C21H28F2FrGeOPr. The average Bonchev–Trinajstić information content (AvgIpc) is 2.53. The van der Waals surface area contributed by atoms with Gasteiger partial charge in [-0.05, 0) is 0 Å². The van der Waals surface area contributed by atoms with Gasteiger partial charge in [-0.2, -0.15) is 0 Å². The minimum absolute atomic E-state index is 0. The van der Waals surface area contributed by atoms with Gasteiger partial charge in [-0.3, -0.25) is 0 Å². The number of benzene rings is 2. The van der Waals surface area contributed by atoms with Gasteiger partial charge >= 0.3 is 143 Å². The zero-order valence-corrected chi connectivity index (χ0v) is 31.7. The van der Waals surface area contributed by atoms with Crippen molar-refractivity contribution in [3.63, 3.8) is 0 Å². The van der Waals surface area contributed by atoms with Crippen LogP contribution in [0.3, 0.4) is 0 Å². The molecule has 0 saturated carbocycles. The second kappa shape index (κ2) is 16.3. The monoisotopic (exact) mass is 772 g/mol. The predicted octanol–water partition coefficient (Wildman–Crippen LogP) is 5.93. The molecule has 0 heterocycles. The van der Waals surface area contributed by atoms with Crippen LogP contribution in [0.15, 0.2) is 24.3 Å². The Kier molecular flexibility index (Phi) is 18.6. The smallest absolute Gasteiger partial charge is 0 e. The van der Waals surface area contributed by atoms with Crippen LogP contribution in [0.5, 0.6) is 5.75 Å². The molecule has 0 aromatic heterocycles. The molecular weight excluding hydrogens is 743 g/mol. The molecule has 0 aliphatic carbocycles. The molecule has 2 aromatic carbocycles. The second-order valence-electron chi connectivity index (χ2n) is 5.93. The maximum atomic E-state index is 13.3. The molecule has 0 aliphatic heterocycles. The van der Waals surface area contributed by atoms with Crippen LogP contribution in [0.2, 0.25) is 5.25 Å². The normalized spacial score (nSPS) is 9.48. The van der Waals surface area contributed by atoms with Crippen LogP contribution in [-0.2, 0) is 6.42 Å². The van der Waals surface area contributed by atoms with Crippen LogP contribution in [0.4, 0.5) is 8.78 Å². The summed E-state index contributed by atoms with van der Waals surface area (Å²) in [5, 5.41) is 1.10. The average molecular weight is 771 g/mol. The van der Waals surface area contributed by atoms with Gasteiger partial charge in [0.1, 0.15) is 0 Å². The molecule has 1 nitrogen and oxygen atoms in total. The van der Waals surface area contributed by atoms with E-state index >= 15 is 0 Å². The van der Waals surface area contributed by atoms with Gasteiger partial charge in [0.05, 0.1) is 0 Å². The van der Waals surface area contributed by atoms with Gasteiger partial charge in [-0.1, -0.05) is 13.8 Å². The Balaban J connectivity index is 0. The van der Waals surface area contributed by atoms with E-state index in [-0.39, 0.29) is 118 Å². The van der Waals surface area contributed by atoms with Crippen molar-refractivity contribution >= 4 is 15.4 Å². The molecule has 0 fully saturated rings. The van der Waals surface area contributed by atoms with Crippen molar-refractivity contribution in [2.24, 2.45) is 0 Å². The maximum Gasteiger partial charge on any atom is 0 e. The van der Waals surface area contributed by atoms with Gasteiger partial charge in [0.2, 0.25) is 0 Å². The number of halogens is 2. The summed E-state index contributed by atoms with van der Waals surface area (Å²) in [7, 11) is 0. The third kappa shape index (κ3) is 10.5. The molecule has 0 atom stereocenters. The third-order valence-electron chi connectivity index (χ3n) is 3.96. The van der Waals surface area contributed by atoms with E-state index in [0.29, 0.717) is 0 Å². The van der Waals surface area contributed by atoms with Crippen molar-refractivity contribution < 1.29 is 105 Å². The zero-order valence-electron chi connectivity index (χ0n) is 17.7. The maximum absolute atomic E-state index is 13.3. The van der Waals surface area contributed by atoms with E-state index in [9.17, 15) is 8.78 Å². The van der Waals surface area contributed by atoms with Crippen molar-refractivity contribution in [3.05, 3.63) is 63.7 Å². The standard InChI is InChI=1S/C19H22F2GeO.C2H6.Fr.Pr/c1-12-7-16(20)8-13(2)18(12)5-6-22-11-23-19-14(3)9-17(21)10-15(19)4;1-2;;/h7-10H,5-6,11H2,1-4H3;1-2H3;;. The van der Waals surface area contributed by atoms with E-state index < -0.39 is 0 Å². The van der Waals surface area contributed by atoms with E-state index in [0.717, 1.165) is 45.1 Å². The Morgan fingerprint density at radius 3 is 1.67 bits per heavy atom. The van der Waals surface area contributed by atoms with Gasteiger partial charge in [0.25, 0.3) is 0 Å². The number of rotatable bonds is 6. The summed E-state index contributed by atoms with van der Waals surface area (Å²) in [6.07, 6.45) is 0.975. The molecule has 0 spiro atoms. The summed E-state index contributed by atoms with van der Waals surface area (Å²) < 4.78 is 32.4. The summed E-state index contributed by atoms with van der Waals surface area (Å²) in [4.78, 5) is 0. The first-order valence-electron chi connectivity index (χ1n) is 8.74. The third-order valence-corrected chi connectivity index (χ3v) is 5.95. The summed E-state index contributed by atoms with van der Waals surface area (Å²) in [6.45, 7) is 11.7. The minimum atomic E-state index is -0.242. The van der Waals surface area contributed by atoms with E-state index in [1.54, 1.807) is 12.1 Å². The van der Waals surface area contributed by atoms with Gasteiger partial charge in [0, 0.05) is 91.2 Å². The van der Waals surface area contributed by atoms with Crippen LogP contribution in [0, 0.1) is 130 Å². The topological polar surface area (TPSA) is 9.23 Å². The van der Waals surface area contributed by atoms with Gasteiger partial charge < -0.3 is 0 Å². The largest absolute Gasteiger partial charge is 0 e. The zero-order chi connectivity index (χ0) is 19.0. The Morgan fingerprint density at radius 2 is 1.22 bits per heavy atom. The number of ether oxygens (including phenoxy) is 1. The molecule has 27 heavy (non-hydrogen) atoms. The number of hydrogen-bond acceptors (Lipinski definition) is 1. The molecule has 0 saturated heterocycles. The Bertz CT molecular complexity index is 605. The molecule has 4 radical (unpaired) electrons. The fraction of sp³-hybridized carbons (Fsp3) is 0.429. The fourth-order valence-corrected chi connectivity index (χ4v) is 4.58. The molecule has 140 valence electrons. The van der Waals surface area contributed by atoms with Crippen molar-refractivity contribution in [3.8, 4) is 5.75 Å². The van der Waals surface area contributed by atoms with E-state index in [1.807, 2.05) is 41.5 Å². The fourth-order valence-electron chi connectivity index (χ4n) is 2.87. The van der Waals surface area contributed by atoms with Crippen LogP contribution in [-0.4, -0.2) is 20.9 Å². The Labute approximate surface area is 244 Å². The van der Waals surface area contributed by atoms with Crippen molar-refractivity contribution in [2.45, 2.75) is 53.2 Å². The molecule has 2 rings (SSSR count). The quantitative estimate of drug-likeness (QED) is 0.262. The molecule has 0 aliphatic rings. The first-order chi connectivity index (χ1) is 11.9. The van der Waals surface area contributed by atoms with E-state index in [2.05, 4.69) is 0 Å². The number of hydrogen-bond donors (Lipinski definition) is 0. The van der Waals surface area contributed by atoms with Gasteiger partial charge in [0.15, 0.2) is 0 Å². The number of aryl methyl sites for hydroxylation is 4. The summed E-state index contributed by atoms with van der Waals surface area (Å²) in [6, 6.07) is 6.22. The van der Waals surface area contributed by atoms with Crippen LogP contribution >= 0.6 is 0 Å². The summed E-state index contributed by atoms with van der Waals surface area (Å²) in [5.41, 5.74) is 5.73. The Morgan fingerprint density at radius 1 is 0.815 bits per heavy atom. The second-order valence-corrected chi connectivity index (χ2v) is 8.63. The van der Waals surface area contributed by atoms with Gasteiger partial charge in [-0.25, -0.2) is 0 Å². The minimum Gasteiger partial charge on any atom is 0 e. The first-order valence-corrected chi connectivity index (χ1v) is 11.7. The van der Waals surface area contributed by atoms with Crippen LogP contribution < -0.4 is 4.74 Å². The van der Waals surface area contributed by atoms with Crippen LogP contribution in [0.25, 0.3) is 0 Å². The van der Waals surface area contributed by atoms with E-state index in [4.69, 9.17) is 4.74 Å². The van der Waals surface area contributed by atoms with Crippen LogP contribution in [0.1, 0.15) is 41.7 Å². The summed E-state index contributed by atoms with van der Waals surface area (Å²) >= 11 is -0.242. The predicted molar refractivity (Wildman–Crippen MR) is 103 cm³/mol. The summed E-state index contributed by atoms with van der Waals surface area (Å²) in [5.74, 6) is 0.431. The van der Waals surface area contributed by atoms with E-state index in [1.165, 1.54) is 17.7 Å². The van der Waals surface area contributed by atoms with Crippen molar-refractivity contribution in [1.29, 1.82) is 0 Å².